The fourth-order valence-electron chi connectivity index (χ4n) is 4.33. The highest BCUT2D eigenvalue weighted by molar-refractivity contribution is 5.99. The Morgan fingerprint density at radius 3 is 2.68 bits per heavy atom. The number of morpholine rings is 1. The van der Waals surface area contributed by atoms with E-state index in [9.17, 15) is 14.0 Å². The number of nitrogens with zero attached hydrogens (tertiary/aromatic N) is 5. The van der Waals surface area contributed by atoms with Crippen molar-refractivity contribution in [1.29, 1.82) is 0 Å². The number of carbonyl (C=O) groups excluding carboxylic acids is 1. The van der Waals surface area contributed by atoms with Crippen LogP contribution in [0.2, 0.25) is 0 Å². The van der Waals surface area contributed by atoms with Gasteiger partial charge in [-0.05, 0) is 24.6 Å². The number of pyridine rings is 1. The topological polar surface area (TPSA) is 129 Å². The number of hydrogen-bond donors (Lipinski definition) is 1. The van der Waals surface area contributed by atoms with Crippen LogP contribution in [0.15, 0.2) is 58.2 Å². The van der Waals surface area contributed by atoms with Gasteiger partial charge in [-0.2, -0.15) is 0 Å². The Kier molecular flexibility index (Phi) is 6.78. The molecule has 1 aromatic carbocycles. The Bertz CT molecular complexity index is 1500. The maximum Gasteiger partial charge on any atom is 0.250 e. The van der Waals surface area contributed by atoms with E-state index in [0.29, 0.717) is 37.4 Å². The number of aryl methyl sites for hydroxylation is 1. The van der Waals surface area contributed by atoms with Crippen LogP contribution in [-0.2, 0) is 18.2 Å². The molecule has 3 aromatic heterocycles. The molecule has 1 aliphatic heterocycles. The van der Waals surface area contributed by atoms with E-state index < -0.39 is 0 Å². The van der Waals surface area contributed by atoms with Gasteiger partial charge in [0.15, 0.2) is 17.3 Å². The average Bonchev–Trinajstić information content (AvgIpc) is 3.45. The van der Waals surface area contributed by atoms with E-state index in [1.54, 1.807) is 25.4 Å². The number of Topliss-reactive ketones (excluding diaryl/α,β-unsaturated/α-hetero) is 1. The summed E-state index contributed by atoms with van der Waals surface area (Å²) in [5.41, 5.74) is 8.18. The van der Waals surface area contributed by atoms with Gasteiger partial charge in [-0.15, -0.1) is 0 Å². The molecule has 4 heterocycles. The Balaban J connectivity index is 1.48. The number of halogens is 1. The molecule has 1 aliphatic rings. The molecule has 4 aromatic rings. The van der Waals surface area contributed by atoms with Crippen LogP contribution in [0, 0.1) is 5.82 Å². The van der Waals surface area contributed by atoms with E-state index in [2.05, 4.69) is 19.9 Å². The summed E-state index contributed by atoms with van der Waals surface area (Å²) >= 11 is 0. The van der Waals surface area contributed by atoms with Crippen LogP contribution in [0.1, 0.15) is 22.5 Å². The number of oxazole rings is 1. The lowest BCUT2D eigenvalue weighted by atomic mass is 10.0. The van der Waals surface area contributed by atoms with Crippen molar-refractivity contribution >= 4 is 17.3 Å². The Hall–Kier alpha value is -4.38. The molecule has 0 saturated carbocycles. The number of rotatable bonds is 7. The van der Waals surface area contributed by atoms with E-state index >= 15 is 0 Å². The lowest BCUT2D eigenvalue weighted by molar-refractivity contribution is 0.0978. The molecule has 0 spiro atoms. The van der Waals surface area contributed by atoms with Gasteiger partial charge in [-0.3, -0.25) is 9.59 Å². The van der Waals surface area contributed by atoms with E-state index in [1.165, 1.54) is 29.2 Å². The average molecular weight is 505 g/mol. The molecule has 2 N–H and O–H groups in total. The minimum absolute atomic E-state index is 0.0256. The van der Waals surface area contributed by atoms with Crippen molar-refractivity contribution in [3.05, 3.63) is 76.4 Å². The highest BCUT2D eigenvalue weighted by atomic mass is 19.1. The van der Waals surface area contributed by atoms with Gasteiger partial charge in [0, 0.05) is 55.6 Å². The number of anilines is 2. The lowest BCUT2D eigenvalue weighted by Gasteiger charge is -2.30. The standard InChI is InChI=1S/C26H25FN6O4/c1-32-15-16(5-8-21(32)35)22-24(26-29-9-12-37-26)31-25(28)23(30-22)20(34)7-6-17-18(27)3-2-4-19(17)33-10-13-36-14-11-33/h2-5,8-9,12,15H,6-7,10-11,13-14H2,1H3,(H2,28,31). The van der Waals surface area contributed by atoms with Gasteiger partial charge < -0.3 is 24.4 Å². The highest BCUT2D eigenvalue weighted by Crippen LogP contribution is 2.31. The van der Waals surface area contributed by atoms with Crippen LogP contribution >= 0.6 is 0 Å². The minimum Gasteiger partial charge on any atom is -0.443 e. The third-order valence-electron chi connectivity index (χ3n) is 6.23. The molecule has 1 saturated heterocycles. The fourth-order valence-corrected chi connectivity index (χ4v) is 4.33. The molecule has 5 rings (SSSR count). The van der Waals surface area contributed by atoms with Crippen molar-refractivity contribution < 1.29 is 18.3 Å². The van der Waals surface area contributed by atoms with Gasteiger partial charge in [-0.1, -0.05) is 6.07 Å². The molecular weight excluding hydrogens is 479 g/mol. The smallest absolute Gasteiger partial charge is 0.250 e. The molecule has 1 fully saturated rings. The first-order chi connectivity index (χ1) is 17.9. The third-order valence-corrected chi connectivity index (χ3v) is 6.23. The molecule has 0 radical (unpaired) electrons. The second-order valence-corrected chi connectivity index (χ2v) is 8.62. The lowest BCUT2D eigenvalue weighted by Crippen LogP contribution is -2.37. The van der Waals surface area contributed by atoms with Gasteiger partial charge in [-0.25, -0.2) is 19.3 Å². The number of hydrogen-bond acceptors (Lipinski definition) is 9. The summed E-state index contributed by atoms with van der Waals surface area (Å²) in [6, 6.07) is 7.87. The van der Waals surface area contributed by atoms with Crippen molar-refractivity contribution in [2.45, 2.75) is 12.8 Å². The minimum atomic E-state index is -0.383. The molecule has 10 nitrogen and oxygen atoms in total. The first kappa shape index (κ1) is 24.3. The summed E-state index contributed by atoms with van der Waals surface area (Å²) in [7, 11) is 1.61. The first-order valence-electron chi connectivity index (χ1n) is 11.8. The number of nitrogens with two attached hydrogens (primary N) is 1. The second kappa shape index (κ2) is 10.3. The molecule has 11 heteroatoms. The van der Waals surface area contributed by atoms with Gasteiger partial charge in [0.05, 0.1) is 19.4 Å². The highest BCUT2D eigenvalue weighted by Gasteiger charge is 2.24. The van der Waals surface area contributed by atoms with Gasteiger partial charge >= 0.3 is 0 Å². The number of benzene rings is 1. The van der Waals surface area contributed by atoms with Crippen molar-refractivity contribution in [2.24, 2.45) is 7.05 Å². The molecule has 0 bridgehead atoms. The van der Waals surface area contributed by atoms with Crippen LogP contribution in [0.5, 0.6) is 0 Å². The van der Waals surface area contributed by atoms with Crippen LogP contribution in [-0.4, -0.2) is 51.6 Å². The second-order valence-electron chi connectivity index (χ2n) is 8.62. The van der Waals surface area contributed by atoms with Crippen LogP contribution in [0.25, 0.3) is 22.8 Å². The summed E-state index contributed by atoms with van der Waals surface area (Å²) in [6.07, 6.45) is 4.56. The quantitative estimate of drug-likeness (QED) is 0.378. The molecule has 0 unspecified atom stereocenters. The maximum atomic E-state index is 14.8. The number of carbonyl (C=O) groups is 1. The van der Waals surface area contributed by atoms with Crippen molar-refractivity contribution in [1.82, 2.24) is 19.5 Å². The zero-order chi connectivity index (χ0) is 25.9. The maximum absolute atomic E-state index is 14.8. The van der Waals surface area contributed by atoms with E-state index in [4.69, 9.17) is 14.9 Å². The fraction of sp³-hybridized carbons (Fsp3) is 0.269. The zero-order valence-corrected chi connectivity index (χ0v) is 20.2. The van der Waals surface area contributed by atoms with Crippen molar-refractivity contribution in [3.63, 3.8) is 0 Å². The number of aromatic nitrogens is 4. The predicted octanol–water partition coefficient (Wildman–Crippen LogP) is 2.87. The summed E-state index contributed by atoms with van der Waals surface area (Å²) < 4.78 is 27.0. The summed E-state index contributed by atoms with van der Waals surface area (Å²) in [5, 5.41) is 0. The first-order valence-corrected chi connectivity index (χ1v) is 11.8. The molecule has 0 aliphatic carbocycles. The third kappa shape index (κ3) is 4.98. The number of nitrogen functional groups attached to an aromatic ring is 1. The van der Waals surface area contributed by atoms with Gasteiger partial charge in [0.1, 0.15) is 23.5 Å². The van der Waals surface area contributed by atoms with Crippen LogP contribution < -0.4 is 16.2 Å². The van der Waals surface area contributed by atoms with Crippen LogP contribution in [0.3, 0.4) is 0 Å². The molecular formula is C26H25FN6O4. The Labute approximate surface area is 211 Å². The Morgan fingerprint density at radius 2 is 1.95 bits per heavy atom. The summed E-state index contributed by atoms with van der Waals surface area (Å²) in [4.78, 5) is 40.3. The van der Waals surface area contributed by atoms with Crippen molar-refractivity contribution in [3.8, 4) is 22.8 Å². The summed E-state index contributed by atoms with van der Waals surface area (Å²) in [6.45, 7) is 2.42. The normalized spacial score (nSPS) is 13.6. The van der Waals surface area contributed by atoms with Crippen molar-refractivity contribution in [2.75, 3.05) is 36.9 Å². The van der Waals surface area contributed by atoms with E-state index in [1.807, 2.05) is 6.07 Å². The van der Waals surface area contributed by atoms with Gasteiger partial charge in [0.25, 0.3) is 0 Å². The van der Waals surface area contributed by atoms with E-state index in [0.717, 1.165) is 5.69 Å². The predicted molar refractivity (Wildman–Crippen MR) is 135 cm³/mol. The molecule has 0 amide bonds. The SMILES string of the molecule is Cn1cc(-c2nc(C(=O)CCc3c(F)cccc3N3CCOCC3)c(N)nc2-c2ncco2)ccc1=O. The Morgan fingerprint density at radius 1 is 1.14 bits per heavy atom. The number of ketones is 1. The van der Waals surface area contributed by atoms with E-state index in [-0.39, 0.29) is 58.8 Å². The monoisotopic (exact) mass is 504 g/mol. The largest absolute Gasteiger partial charge is 0.443 e. The zero-order valence-electron chi connectivity index (χ0n) is 20.2. The molecule has 37 heavy (non-hydrogen) atoms. The van der Waals surface area contributed by atoms with Gasteiger partial charge in [0.2, 0.25) is 11.4 Å². The molecule has 190 valence electrons. The molecule has 0 atom stereocenters. The summed E-state index contributed by atoms with van der Waals surface area (Å²) in [5.74, 6) is -0.676. The van der Waals surface area contributed by atoms with Crippen LogP contribution in [0.4, 0.5) is 15.9 Å². The number of ether oxygens (including phenoxy) is 1.